The van der Waals surface area contributed by atoms with Crippen LogP contribution in [0.4, 0.5) is 0 Å². The lowest BCUT2D eigenvalue weighted by Gasteiger charge is -2.31. The molecule has 116 valence electrons. The predicted octanol–water partition coefficient (Wildman–Crippen LogP) is 0.0738. The van der Waals surface area contributed by atoms with E-state index in [0.717, 1.165) is 37.9 Å². The van der Waals surface area contributed by atoms with E-state index in [1.54, 1.807) is 12.1 Å². The molecule has 0 aromatic heterocycles. The van der Waals surface area contributed by atoms with E-state index in [0.29, 0.717) is 6.54 Å². The predicted molar refractivity (Wildman–Crippen MR) is 79.9 cm³/mol. The molecule has 1 atom stereocenters. The van der Waals surface area contributed by atoms with Gasteiger partial charge in [-0.05, 0) is 43.5 Å². The van der Waals surface area contributed by atoms with Crippen molar-refractivity contribution in [1.82, 2.24) is 4.90 Å². The van der Waals surface area contributed by atoms with Crippen molar-refractivity contribution in [3.63, 3.8) is 0 Å². The monoisotopic (exact) mass is 311 g/mol. The molecule has 1 heterocycles. The molecule has 0 bridgehead atoms. The number of likely N-dealkylation sites (tertiary alicyclic amines) is 1. The normalized spacial score (nSPS) is 20.3. The van der Waals surface area contributed by atoms with Crippen LogP contribution in [0.5, 0.6) is 0 Å². The molecule has 1 amide bonds. The Morgan fingerprint density at radius 3 is 2.52 bits per heavy atom. The molecule has 0 radical (unpaired) electrons. The van der Waals surface area contributed by atoms with E-state index in [4.69, 9.17) is 10.9 Å². The molecule has 0 saturated carbocycles. The van der Waals surface area contributed by atoms with Gasteiger partial charge in [0.2, 0.25) is 15.9 Å². The highest BCUT2D eigenvalue weighted by Crippen LogP contribution is 2.17. The summed E-state index contributed by atoms with van der Waals surface area (Å²) in [6.07, 6.45) is 2.66. The van der Waals surface area contributed by atoms with Crippen molar-refractivity contribution in [3.05, 3.63) is 29.8 Å². The highest BCUT2D eigenvalue weighted by molar-refractivity contribution is 7.89. The average Bonchev–Trinajstić information content (AvgIpc) is 2.45. The van der Waals surface area contributed by atoms with Crippen LogP contribution in [0.1, 0.15) is 18.4 Å². The third kappa shape index (κ3) is 4.52. The summed E-state index contributed by atoms with van der Waals surface area (Å²) in [5.41, 5.74) is 6.40. The lowest BCUT2D eigenvalue weighted by atomic mass is 9.97. The van der Waals surface area contributed by atoms with Gasteiger partial charge in [0.1, 0.15) is 0 Å². The number of primary sulfonamides is 1. The van der Waals surface area contributed by atoms with Gasteiger partial charge in [-0.15, -0.1) is 0 Å². The number of amides is 1. The van der Waals surface area contributed by atoms with Gasteiger partial charge in [-0.2, -0.15) is 0 Å². The minimum absolute atomic E-state index is 0.0523. The lowest BCUT2D eigenvalue weighted by molar-refractivity contribution is -0.123. The number of piperidine rings is 1. The number of hydrogen-bond donors (Lipinski definition) is 2. The second kappa shape index (κ2) is 6.55. The maximum absolute atomic E-state index is 11.2. The summed E-state index contributed by atoms with van der Waals surface area (Å²) in [7, 11) is -3.63. The SMILES string of the molecule is NC(=O)C1CCCN(CCc2ccc(S(N)(=O)=O)cc2)C1. The van der Waals surface area contributed by atoms with Gasteiger partial charge >= 0.3 is 0 Å². The van der Waals surface area contributed by atoms with Gasteiger partial charge in [-0.25, -0.2) is 13.6 Å². The Morgan fingerprint density at radius 2 is 1.95 bits per heavy atom. The quantitative estimate of drug-likeness (QED) is 0.802. The van der Waals surface area contributed by atoms with E-state index in [9.17, 15) is 13.2 Å². The van der Waals surface area contributed by atoms with Crippen molar-refractivity contribution >= 4 is 15.9 Å². The van der Waals surface area contributed by atoms with Crippen molar-refractivity contribution in [2.24, 2.45) is 16.8 Å². The molecular weight excluding hydrogens is 290 g/mol. The van der Waals surface area contributed by atoms with Crippen molar-refractivity contribution < 1.29 is 13.2 Å². The van der Waals surface area contributed by atoms with E-state index < -0.39 is 10.0 Å². The number of primary amides is 1. The molecule has 21 heavy (non-hydrogen) atoms. The molecule has 6 nitrogen and oxygen atoms in total. The van der Waals surface area contributed by atoms with Gasteiger partial charge < -0.3 is 10.6 Å². The zero-order chi connectivity index (χ0) is 15.5. The summed E-state index contributed by atoms with van der Waals surface area (Å²) in [6.45, 7) is 2.52. The Balaban J connectivity index is 1.89. The fourth-order valence-electron chi connectivity index (χ4n) is 2.62. The van der Waals surface area contributed by atoms with Gasteiger partial charge in [-0.1, -0.05) is 12.1 Å². The van der Waals surface area contributed by atoms with E-state index in [2.05, 4.69) is 4.90 Å². The van der Waals surface area contributed by atoms with E-state index in [1.807, 2.05) is 0 Å². The zero-order valence-corrected chi connectivity index (χ0v) is 12.7. The standard InChI is InChI=1S/C14H21N3O3S/c15-14(18)12-2-1-8-17(10-12)9-7-11-3-5-13(6-4-11)21(16,19)20/h3-6,12H,1-2,7-10H2,(H2,15,18)(H2,16,19,20). The van der Waals surface area contributed by atoms with Crippen molar-refractivity contribution in [1.29, 1.82) is 0 Å². The molecule has 0 aliphatic carbocycles. The molecule has 1 aromatic carbocycles. The second-order valence-corrected chi connectivity index (χ2v) is 7.04. The van der Waals surface area contributed by atoms with Crippen LogP contribution in [-0.4, -0.2) is 38.9 Å². The van der Waals surface area contributed by atoms with Crippen LogP contribution in [0.2, 0.25) is 0 Å². The van der Waals surface area contributed by atoms with Crippen LogP contribution < -0.4 is 10.9 Å². The molecular formula is C14H21N3O3S. The van der Waals surface area contributed by atoms with Crippen LogP contribution >= 0.6 is 0 Å². The highest BCUT2D eigenvalue weighted by atomic mass is 32.2. The molecule has 7 heteroatoms. The summed E-state index contributed by atoms with van der Waals surface area (Å²) in [4.78, 5) is 13.6. The largest absolute Gasteiger partial charge is 0.369 e. The molecule has 1 aliphatic heterocycles. The maximum Gasteiger partial charge on any atom is 0.238 e. The molecule has 1 fully saturated rings. The minimum Gasteiger partial charge on any atom is -0.369 e. The number of nitrogens with two attached hydrogens (primary N) is 2. The topological polar surface area (TPSA) is 106 Å². The molecule has 1 saturated heterocycles. The van der Waals surface area contributed by atoms with Crippen molar-refractivity contribution in [2.75, 3.05) is 19.6 Å². The first-order valence-corrected chi connectivity index (χ1v) is 8.54. The van der Waals surface area contributed by atoms with Crippen LogP contribution in [-0.2, 0) is 21.2 Å². The number of carbonyl (C=O) groups is 1. The number of carbonyl (C=O) groups excluding carboxylic acids is 1. The summed E-state index contributed by atoms with van der Waals surface area (Å²) >= 11 is 0. The summed E-state index contributed by atoms with van der Waals surface area (Å²) < 4.78 is 22.4. The van der Waals surface area contributed by atoms with Crippen LogP contribution in [0.3, 0.4) is 0 Å². The Bertz CT molecular complexity index is 598. The first-order valence-electron chi connectivity index (χ1n) is 6.99. The van der Waals surface area contributed by atoms with Gasteiger partial charge in [0.25, 0.3) is 0 Å². The summed E-state index contributed by atoms with van der Waals surface area (Å²) in [5, 5.41) is 5.06. The van der Waals surface area contributed by atoms with E-state index in [-0.39, 0.29) is 16.7 Å². The number of nitrogens with zero attached hydrogens (tertiary/aromatic N) is 1. The highest BCUT2D eigenvalue weighted by Gasteiger charge is 2.23. The third-order valence-electron chi connectivity index (χ3n) is 3.88. The summed E-state index contributed by atoms with van der Waals surface area (Å²) in [5.74, 6) is -0.277. The van der Waals surface area contributed by atoms with Gasteiger partial charge in [-0.3, -0.25) is 4.79 Å². The van der Waals surface area contributed by atoms with E-state index in [1.165, 1.54) is 12.1 Å². The maximum atomic E-state index is 11.2. The fraction of sp³-hybridized carbons (Fsp3) is 0.500. The Hall–Kier alpha value is -1.44. The smallest absolute Gasteiger partial charge is 0.238 e. The first-order chi connectivity index (χ1) is 9.86. The molecule has 0 spiro atoms. The molecule has 4 N–H and O–H groups in total. The third-order valence-corrected chi connectivity index (χ3v) is 4.81. The average molecular weight is 311 g/mol. The minimum atomic E-state index is -3.63. The van der Waals surface area contributed by atoms with Gasteiger partial charge in [0.05, 0.1) is 10.8 Å². The van der Waals surface area contributed by atoms with Crippen LogP contribution in [0.25, 0.3) is 0 Å². The Morgan fingerprint density at radius 1 is 1.29 bits per heavy atom. The molecule has 1 unspecified atom stereocenters. The van der Waals surface area contributed by atoms with Crippen molar-refractivity contribution in [2.45, 2.75) is 24.2 Å². The fourth-order valence-corrected chi connectivity index (χ4v) is 3.14. The summed E-state index contributed by atoms with van der Waals surface area (Å²) in [6, 6.07) is 6.59. The van der Waals surface area contributed by atoms with E-state index >= 15 is 0 Å². The Labute approximate surface area is 125 Å². The van der Waals surface area contributed by atoms with Crippen LogP contribution in [0.15, 0.2) is 29.2 Å². The number of sulfonamides is 1. The zero-order valence-electron chi connectivity index (χ0n) is 11.9. The van der Waals surface area contributed by atoms with Gasteiger partial charge in [0, 0.05) is 13.1 Å². The van der Waals surface area contributed by atoms with Crippen LogP contribution in [0, 0.1) is 5.92 Å². The second-order valence-electron chi connectivity index (χ2n) is 5.48. The number of hydrogen-bond acceptors (Lipinski definition) is 4. The number of benzene rings is 1. The van der Waals surface area contributed by atoms with Gasteiger partial charge in [0.15, 0.2) is 0 Å². The Kier molecular flexibility index (Phi) is 4.97. The van der Waals surface area contributed by atoms with Crippen molar-refractivity contribution in [3.8, 4) is 0 Å². The lowest BCUT2D eigenvalue weighted by Crippen LogP contribution is -2.41. The first kappa shape index (κ1) is 15.9. The number of rotatable bonds is 5. The molecule has 1 aliphatic rings. The molecule has 2 rings (SSSR count). The molecule has 1 aromatic rings.